The van der Waals surface area contributed by atoms with Crippen molar-refractivity contribution in [2.24, 2.45) is 0 Å². The third-order valence-electron chi connectivity index (χ3n) is 3.45. The van der Waals surface area contributed by atoms with Crippen molar-refractivity contribution in [3.8, 4) is 5.75 Å². The maximum atomic E-state index is 12.6. The van der Waals surface area contributed by atoms with E-state index in [9.17, 15) is 4.79 Å². The van der Waals surface area contributed by atoms with Crippen molar-refractivity contribution in [3.05, 3.63) is 53.3 Å². The number of carbonyl (C=O) groups excluding carboxylic acids is 1. The summed E-state index contributed by atoms with van der Waals surface area (Å²) in [4.78, 5) is 20.8. The highest BCUT2D eigenvalue weighted by Crippen LogP contribution is 2.30. The summed E-state index contributed by atoms with van der Waals surface area (Å²) in [6, 6.07) is 5.45. The summed E-state index contributed by atoms with van der Waals surface area (Å²) in [6.45, 7) is 3.60. The predicted octanol–water partition coefficient (Wildman–Crippen LogP) is 3.08. The van der Waals surface area contributed by atoms with Crippen molar-refractivity contribution < 1.29 is 13.9 Å². The van der Waals surface area contributed by atoms with Crippen molar-refractivity contribution in [1.82, 2.24) is 9.97 Å². The number of ether oxygens (including phenoxy) is 1. The standard InChI is InChI=1S/C16H14N2O3/c1-9-12-8-11(20-3)4-5-13(12)21-16(9)15(19)14-10(2)17-6-7-18-14/h4-8H,1-3H3. The van der Waals surface area contributed by atoms with Crippen LogP contribution in [0.15, 0.2) is 35.0 Å². The number of hydrogen-bond acceptors (Lipinski definition) is 5. The Labute approximate surface area is 121 Å². The summed E-state index contributed by atoms with van der Waals surface area (Å²) in [7, 11) is 1.60. The first-order valence-corrected chi connectivity index (χ1v) is 6.51. The summed E-state index contributed by atoms with van der Waals surface area (Å²) in [5, 5.41) is 0.860. The van der Waals surface area contributed by atoms with Gasteiger partial charge in [0.1, 0.15) is 17.0 Å². The SMILES string of the molecule is COc1ccc2oc(C(=O)c3nccnc3C)c(C)c2c1. The molecule has 2 aromatic heterocycles. The van der Waals surface area contributed by atoms with Crippen LogP contribution in [0.5, 0.6) is 5.75 Å². The zero-order valence-electron chi connectivity index (χ0n) is 12.0. The molecule has 2 heterocycles. The van der Waals surface area contributed by atoms with Gasteiger partial charge in [-0.1, -0.05) is 0 Å². The van der Waals surface area contributed by atoms with Crippen LogP contribution in [0.25, 0.3) is 11.0 Å². The van der Waals surface area contributed by atoms with Gasteiger partial charge < -0.3 is 9.15 Å². The molecule has 0 saturated heterocycles. The Morgan fingerprint density at radius 1 is 1.19 bits per heavy atom. The minimum absolute atomic E-state index is 0.256. The molecule has 0 fully saturated rings. The van der Waals surface area contributed by atoms with E-state index < -0.39 is 0 Å². The molecule has 3 aromatic rings. The lowest BCUT2D eigenvalue weighted by atomic mass is 10.1. The highest BCUT2D eigenvalue weighted by atomic mass is 16.5. The quantitative estimate of drug-likeness (QED) is 0.691. The fourth-order valence-corrected chi connectivity index (χ4v) is 2.28. The summed E-state index contributed by atoms with van der Waals surface area (Å²) >= 11 is 0. The smallest absolute Gasteiger partial charge is 0.248 e. The second kappa shape index (κ2) is 5.01. The average Bonchev–Trinajstić information content (AvgIpc) is 2.83. The van der Waals surface area contributed by atoms with Crippen LogP contribution >= 0.6 is 0 Å². The third kappa shape index (κ3) is 2.16. The molecule has 5 nitrogen and oxygen atoms in total. The number of fused-ring (bicyclic) bond motifs is 1. The Kier molecular flexibility index (Phi) is 3.17. The van der Waals surface area contributed by atoms with E-state index in [1.807, 2.05) is 13.0 Å². The van der Waals surface area contributed by atoms with Gasteiger partial charge in [-0.2, -0.15) is 0 Å². The molecular weight excluding hydrogens is 268 g/mol. The Bertz CT molecular complexity index is 837. The number of rotatable bonds is 3. The maximum Gasteiger partial charge on any atom is 0.248 e. The Balaban J connectivity index is 2.15. The molecule has 0 saturated carbocycles. The van der Waals surface area contributed by atoms with Crippen LogP contribution in [-0.4, -0.2) is 22.9 Å². The molecular formula is C16H14N2O3. The zero-order valence-corrected chi connectivity index (χ0v) is 12.0. The van der Waals surface area contributed by atoms with E-state index in [1.54, 1.807) is 32.4 Å². The number of furan rings is 1. The van der Waals surface area contributed by atoms with E-state index in [2.05, 4.69) is 9.97 Å². The number of benzene rings is 1. The zero-order chi connectivity index (χ0) is 15.0. The van der Waals surface area contributed by atoms with Crippen LogP contribution < -0.4 is 4.74 Å². The molecule has 3 rings (SSSR count). The van der Waals surface area contributed by atoms with Crippen molar-refractivity contribution >= 4 is 16.8 Å². The van der Waals surface area contributed by atoms with E-state index in [4.69, 9.17) is 9.15 Å². The summed E-state index contributed by atoms with van der Waals surface area (Å²) in [6.07, 6.45) is 3.06. The number of methoxy groups -OCH3 is 1. The van der Waals surface area contributed by atoms with Gasteiger partial charge in [0.2, 0.25) is 5.78 Å². The fourth-order valence-electron chi connectivity index (χ4n) is 2.28. The van der Waals surface area contributed by atoms with Gasteiger partial charge in [0.25, 0.3) is 0 Å². The van der Waals surface area contributed by atoms with Gasteiger partial charge in [0.05, 0.1) is 12.8 Å². The minimum Gasteiger partial charge on any atom is -0.497 e. The van der Waals surface area contributed by atoms with Crippen LogP contribution in [0.3, 0.4) is 0 Å². The molecule has 0 spiro atoms. The summed E-state index contributed by atoms with van der Waals surface area (Å²) in [5.74, 6) is 0.760. The van der Waals surface area contributed by atoms with E-state index in [-0.39, 0.29) is 5.78 Å². The lowest BCUT2D eigenvalue weighted by molar-refractivity contribution is 0.100. The third-order valence-corrected chi connectivity index (χ3v) is 3.45. The van der Waals surface area contributed by atoms with Gasteiger partial charge in [0, 0.05) is 23.3 Å². The number of hydrogen-bond donors (Lipinski definition) is 0. The van der Waals surface area contributed by atoms with Gasteiger partial charge >= 0.3 is 0 Å². The number of aromatic nitrogens is 2. The molecule has 106 valence electrons. The highest BCUT2D eigenvalue weighted by molar-refractivity contribution is 6.10. The van der Waals surface area contributed by atoms with Crippen LogP contribution in [0.2, 0.25) is 0 Å². The minimum atomic E-state index is -0.256. The molecule has 0 atom stereocenters. The molecule has 5 heteroatoms. The Morgan fingerprint density at radius 2 is 1.95 bits per heavy atom. The second-order valence-electron chi connectivity index (χ2n) is 4.74. The number of ketones is 1. The lowest BCUT2D eigenvalue weighted by Gasteiger charge is -2.00. The topological polar surface area (TPSA) is 65.2 Å². The largest absolute Gasteiger partial charge is 0.497 e. The number of aryl methyl sites for hydroxylation is 2. The summed E-state index contributed by atoms with van der Waals surface area (Å²) < 4.78 is 10.9. The van der Waals surface area contributed by atoms with E-state index in [0.717, 1.165) is 16.7 Å². The lowest BCUT2D eigenvalue weighted by Crippen LogP contribution is -2.07. The molecule has 0 radical (unpaired) electrons. The fraction of sp³-hybridized carbons (Fsp3) is 0.188. The second-order valence-corrected chi connectivity index (χ2v) is 4.74. The van der Waals surface area contributed by atoms with Gasteiger partial charge in [0.15, 0.2) is 5.76 Å². The monoisotopic (exact) mass is 282 g/mol. The first-order chi connectivity index (χ1) is 10.1. The van der Waals surface area contributed by atoms with E-state index >= 15 is 0 Å². The molecule has 0 bridgehead atoms. The van der Waals surface area contributed by atoms with Gasteiger partial charge in [-0.15, -0.1) is 0 Å². The van der Waals surface area contributed by atoms with Gasteiger partial charge in [-0.3, -0.25) is 9.78 Å². The van der Waals surface area contributed by atoms with Crippen molar-refractivity contribution in [3.63, 3.8) is 0 Å². The molecule has 0 amide bonds. The number of carbonyl (C=O) groups is 1. The molecule has 0 aliphatic heterocycles. The molecule has 1 aromatic carbocycles. The normalized spacial score (nSPS) is 10.8. The molecule has 0 N–H and O–H groups in total. The van der Waals surface area contributed by atoms with Crippen LogP contribution in [-0.2, 0) is 0 Å². The van der Waals surface area contributed by atoms with Gasteiger partial charge in [-0.25, -0.2) is 4.98 Å². The number of nitrogens with zero attached hydrogens (tertiary/aromatic N) is 2. The average molecular weight is 282 g/mol. The highest BCUT2D eigenvalue weighted by Gasteiger charge is 2.22. The molecule has 21 heavy (non-hydrogen) atoms. The molecule has 0 aliphatic carbocycles. The van der Waals surface area contributed by atoms with E-state index in [1.165, 1.54) is 6.20 Å². The van der Waals surface area contributed by atoms with E-state index in [0.29, 0.717) is 22.7 Å². The first-order valence-electron chi connectivity index (χ1n) is 6.51. The Hall–Kier alpha value is -2.69. The van der Waals surface area contributed by atoms with Crippen LogP contribution in [0.1, 0.15) is 27.5 Å². The first kappa shape index (κ1) is 13.3. The van der Waals surface area contributed by atoms with Crippen molar-refractivity contribution in [1.29, 1.82) is 0 Å². The van der Waals surface area contributed by atoms with Crippen LogP contribution in [0, 0.1) is 13.8 Å². The maximum absolute atomic E-state index is 12.6. The molecule has 0 unspecified atom stereocenters. The summed E-state index contributed by atoms with van der Waals surface area (Å²) in [5.41, 5.74) is 2.32. The van der Waals surface area contributed by atoms with Crippen molar-refractivity contribution in [2.75, 3.05) is 7.11 Å². The molecule has 0 aliphatic rings. The predicted molar refractivity (Wildman–Crippen MR) is 77.7 cm³/mol. The van der Waals surface area contributed by atoms with Gasteiger partial charge in [-0.05, 0) is 32.0 Å². The van der Waals surface area contributed by atoms with Crippen LogP contribution in [0.4, 0.5) is 0 Å². The Morgan fingerprint density at radius 3 is 2.67 bits per heavy atom. The van der Waals surface area contributed by atoms with Crippen molar-refractivity contribution in [2.45, 2.75) is 13.8 Å².